The Bertz CT molecular complexity index is 260. The van der Waals surface area contributed by atoms with E-state index in [2.05, 4.69) is 17.3 Å². The third-order valence-corrected chi connectivity index (χ3v) is 3.35. The van der Waals surface area contributed by atoms with Gasteiger partial charge in [-0.15, -0.1) is 11.3 Å². The van der Waals surface area contributed by atoms with E-state index < -0.39 is 0 Å². The molecular formula is C9H13NOS. The van der Waals surface area contributed by atoms with Crippen molar-refractivity contribution in [3.63, 3.8) is 0 Å². The summed E-state index contributed by atoms with van der Waals surface area (Å²) in [6.45, 7) is 2.19. The van der Waals surface area contributed by atoms with Crippen molar-refractivity contribution in [1.29, 1.82) is 0 Å². The maximum Gasteiger partial charge on any atom is 0.0794 e. The Morgan fingerprint density at radius 3 is 3.08 bits per heavy atom. The lowest BCUT2D eigenvalue weighted by atomic mass is 9.86. The highest BCUT2D eigenvalue weighted by molar-refractivity contribution is 7.07. The van der Waals surface area contributed by atoms with Crippen molar-refractivity contribution in [1.82, 2.24) is 4.98 Å². The molecule has 12 heavy (non-hydrogen) atoms. The molecule has 0 spiro atoms. The molecule has 0 aliphatic heterocycles. The van der Waals surface area contributed by atoms with Crippen molar-refractivity contribution in [3.8, 4) is 0 Å². The molecule has 2 unspecified atom stereocenters. The van der Waals surface area contributed by atoms with E-state index in [9.17, 15) is 5.11 Å². The minimum atomic E-state index is -0.114. The average molecular weight is 183 g/mol. The van der Waals surface area contributed by atoms with E-state index in [1.807, 2.05) is 5.51 Å². The minimum absolute atomic E-state index is 0.114. The molecule has 2 rings (SSSR count). The van der Waals surface area contributed by atoms with Crippen LogP contribution in [-0.2, 0) is 5.41 Å². The van der Waals surface area contributed by atoms with Gasteiger partial charge in [-0.3, -0.25) is 0 Å². The van der Waals surface area contributed by atoms with Crippen molar-refractivity contribution in [2.45, 2.75) is 37.7 Å². The summed E-state index contributed by atoms with van der Waals surface area (Å²) in [5.74, 6) is 0. The van der Waals surface area contributed by atoms with Crippen LogP contribution in [0.1, 0.15) is 31.9 Å². The predicted octanol–water partition coefficient (Wildman–Crippen LogP) is 1.95. The summed E-state index contributed by atoms with van der Waals surface area (Å²) < 4.78 is 0. The van der Waals surface area contributed by atoms with Crippen molar-refractivity contribution in [2.75, 3.05) is 0 Å². The van der Waals surface area contributed by atoms with E-state index >= 15 is 0 Å². The van der Waals surface area contributed by atoms with E-state index in [-0.39, 0.29) is 11.5 Å². The van der Waals surface area contributed by atoms with Crippen LogP contribution in [0.3, 0.4) is 0 Å². The van der Waals surface area contributed by atoms with Crippen molar-refractivity contribution in [3.05, 3.63) is 16.6 Å². The largest absolute Gasteiger partial charge is 0.393 e. The summed E-state index contributed by atoms with van der Waals surface area (Å²) in [4.78, 5) is 4.31. The Balaban J connectivity index is 2.23. The number of nitrogens with zero attached hydrogens (tertiary/aromatic N) is 1. The van der Waals surface area contributed by atoms with Gasteiger partial charge in [-0.1, -0.05) is 6.92 Å². The quantitative estimate of drug-likeness (QED) is 0.722. The third-order valence-electron chi connectivity index (χ3n) is 2.77. The van der Waals surface area contributed by atoms with E-state index in [4.69, 9.17) is 0 Å². The molecule has 3 heteroatoms. The van der Waals surface area contributed by atoms with Crippen LogP contribution < -0.4 is 0 Å². The predicted molar refractivity (Wildman–Crippen MR) is 49.3 cm³/mol. The first-order chi connectivity index (χ1) is 5.71. The van der Waals surface area contributed by atoms with Gasteiger partial charge in [0.25, 0.3) is 0 Å². The van der Waals surface area contributed by atoms with Crippen LogP contribution in [0, 0.1) is 0 Å². The van der Waals surface area contributed by atoms with Gasteiger partial charge >= 0.3 is 0 Å². The molecule has 0 amide bonds. The number of thiazole rings is 1. The Morgan fingerprint density at radius 1 is 1.75 bits per heavy atom. The molecule has 1 aromatic heterocycles. The highest BCUT2D eigenvalue weighted by Gasteiger charge is 2.36. The Hall–Kier alpha value is -0.410. The highest BCUT2D eigenvalue weighted by Crippen LogP contribution is 2.40. The molecule has 0 bridgehead atoms. The van der Waals surface area contributed by atoms with Gasteiger partial charge in [-0.25, -0.2) is 4.98 Å². The van der Waals surface area contributed by atoms with E-state index in [0.29, 0.717) is 0 Å². The molecule has 1 N–H and O–H groups in total. The monoisotopic (exact) mass is 183 g/mol. The average Bonchev–Trinajstić information content (AvgIpc) is 2.59. The SMILES string of the molecule is CC1(c2cscn2)CCC(O)C1. The fourth-order valence-electron chi connectivity index (χ4n) is 1.95. The molecule has 1 heterocycles. The summed E-state index contributed by atoms with van der Waals surface area (Å²) in [6, 6.07) is 0. The molecule has 1 saturated carbocycles. The second-order valence-corrected chi connectivity index (χ2v) is 4.55. The molecule has 0 aromatic carbocycles. The first kappa shape index (κ1) is 8.20. The molecule has 2 nitrogen and oxygen atoms in total. The molecule has 0 radical (unpaired) electrons. The fourth-order valence-corrected chi connectivity index (χ4v) is 2.66. The zero-order chi connectivity index (χ0) is 8.60. The lowest BCUT2D eigenvalue weighted by Crippen LogP contribution is -2.18. The Kier molecular flexibility index (Phi) is 1.93. The first-order valence-corrected chi connectivity index (χ1v) is 5.22. The summed E-state index contributed by atoms with van der Waals surface area (Å²) >= 11 is 1.63. The van der Waals surface area contributed by atoms with E-state index in [1.165, 1.54) is 0 Å². The summed E-state index contributed by atoms with van der Waals surface area (Å²) in [7, 11) is 0. The summed E-state index contributed by atoms with van der Waals surface area (Å²) in [6.07, 6.45) is 2.75. The Labute approximate surface area is 76.3 Å². The van der Waals surface area contributed by atoms with Gasteiger partial charge in [0.2, 0.25) is 0 Å². The zero-order valence-corrected chi connectivity index (χ0v) is 7.97. The van der Waals surface area contributed by atoms with Crippen LogP contribution in [0.4, 0.5) is 0 Å². The van der Waals surface area contributed by atoms with Gasteiger partial charge in [-0.2, -0.15) is 0 Å². The molecular weight excluding hydrogens is 170 g/mol. The molecule has 1 aliphatic carbocycles. The lowest BCUT2D eigenvalue weighted by molar-refractivity contribution is 0.175. The van der Waals surface area contributed by atoms with Crippen LogP contribution in [0.15, 0.2) is 10.9 Å². The van der Waals surface area contributed by atoms with E-state index in [0.717, 1.165) is 25.0 Å². The topological polar surface area (TPSA) is 33.1 Å². The van der Waals surface area contributed by atoms with Gasteiger partial charge < -0.3 is 5.11 Å². The maximum absolute atomic E-state index is 9.44. The van der Waals surface area contributed by atoms with Gasteiger partial charge in [0.15, 0.2) is 0 Å². The third kappa shape index (κ3) is 1.27. The molecule has 2 atom stereocenters. The van der Waals surface area contributed by atoms with Gasteiger partial charge in [0.1, 0.15) is 0 Å². The van der Waals surface area contributed by atoms with Crippen molar-refractivity contribution < 1.29 is 5.11 Å². The molecule has 0 saturated heterocycles. The number of hydrogen-bond acceptors (Lipinski definition) is 3. The lowest BCUT2D eigenvalue weighted by Gasteiger charge is -2.20. The number of aliphatic hydroxyl groups excluding tert-OH is 1. The highest BCUT2D eigenvalue weighted by atomic mass is 32.1. The van der Waals surface area contributed by atoms with Crippen LogP contribution in [0.5, 0.6) is 0 Å². The molecule has 66 valence electrons. The molecule has 1 aliphatic rings. The second-order valence-electron chi connectivity index (χ2n) is 3.83. The zero-order valence-electron chi connectivity index (χ0n) is 7.16. The van der Waals surface area contributed by atoms with Crippen LogP contribution in [-0.4, -0.2) is 16.2 Å². The summed E-state index contributed by atoms with van der Waals surface area (Å²) in [5.41, 5.74) is 3.16. The van der Waals surface area contributed by atoms with Gasteiger partial charge in [0.05, 0.1) is 17.3 Å². The van der Waals surface area contributed by atoms with Crippen LogP contribution in [0.25, 0.3) is 0 Å². The molecule has 1 aromatic rings. The van der Waals surface area contributed by atoms with Crippen molar-refractivity contribution in [2.24, 2.45) is 0 Å². The fraction of sp³-hybridized carbons (Fsp3) is 0.667. The second kappa shape index (κ2) is 2.82. The standard InChI is InChI=1S/C9H13NOS/c1-9(3-2-7(11)4-9)8-5-12-6-10-8/h5-7,11H,2-4H2,1H3. The van der Waals surface area contributed by atoms with Crippen LogP contribution >= 0.6 is 11.3 Å². The normalized spacial score (nSPS) is 35.7. The maximum atomic E-state index is 9.44. The first-order valence-electron chi connectivity index (χ1n) is 4.27. The number of rotatable bonds is 1. The number of aliphatic hydroxyl groups is 1. The molecule has 1 fully saturated rings. The van der Waals surface area contributed by atoms with Gasteiger partial charge in [-0.05, 0) is 19.3 Å². The van der Waals surface area contributed by atoms with E-state index in [1.54, 1.807) is 11.3 Å². The smallest absolute Gasteiger partial charge is 0.0794 e. The minimum Gasteiger partial charge on any atom is -0.393 e. The Morgan fingerprint density at radius 2 is 2.58 bits per heavy atom. The number of aromatic nitrogens is 1. The van der Waals surface area contributed by atoms with Crippen molar-refractivity contribution >= 4 is 11.3 Å². The summed E-state index contributed by atoms with van der Waals surface area (Å²) in [5, 5.41) is 11.5. The number of hydrogen-bond donors (Lipinski definition) is 1. The van der Waals surface area contributed by atoms with Gasteiger partial charge in [0, 0.05) is 10.8 Å². The van der Waals surface area contributed by atoms with Crippen LogP contribution in [0.2, 0.25) is 0 Å².